The van der Waals surface area contributed by atoms with Gasteiger partial charge in [-0.25, -0.2) is 4.79 Å². The SMILES string of the molecule is CCN(CCCCCn1c(C)cc(=O)n(CCCCCN(CC)Cc2ccccc2[N+](=O)[O-])c1=O)Cc1ccccc1[N+](=O)[O-].Cl.Cl. The van der Waals surface area contributed by atoms with Crippen molar-refractivity contribution in [3.05, 3.63) is 112 Å². The molecule has 0 spiro atoms. The van der Waals surface area contributed by atoms with Crippen LogP contribution in [0.4, 0.5) is 11.4 Å². The molecule has 260 valence electrons. The predicted molar refractivity (Wildman–Crippen MR) is 190 cm³/mol. The molecule has 0 unspecified atom stereocenters. The Labute approximate surface area is 288 Å². The first-order valence-electron chi connectivity index (χ1n) is 15.9. The first-order valence-corrected chi connectivity index (χ1v) is 15.9. The van der Waals surface area contributed by atoms with Gasteiger partial charge in [0.1, 0.15) is 0 Å². The summed E-state index contributed by atoms with van der Waals surface area (Å²) in [4.78, 5) is 52.2. The van der Waals surface area contributed by atoms with Gasteiger partial charge in [-0.2, -0.15) is 0 Å². The molecule has 14 heteroatoms. The predicted octanol–water partition coefficient (Wildman–Crippen LogP) is 6.36. The number of hydrogen-bond acceptors (Lipinski definition) is 8. The lowest BCUT2D eigenvalue weighted by molar-refractivity contribution is -0.385. The molecule has 0 atom stereocenters. The summed E-state index contributed by atoms with van der Waals surface area (Å²) in [7, 11) is 0. The van der Waals surface area contributed by atoms with Gasteiger partial charge in [0.2, 0.25) is 0 Å². The van der Waals surface area contributed by atoms with Gasteiger partial charge < -0.3 is 0 Å². The Morgan fingerprint density at radius 3 is 1.51 bits per heavy atom. The second kappa shape index (κ2) is 21.3. The van der Waals surface area contributed by atoms with Crippen LogP contribution >= 0.6 is 24.8 Å². The minimum absolute atomic E-state index is 0. The molecule has 0 fully saturated rings. The van der Waals surface area contributed by atoms with Crippen molar-refractivity contribution in [3.63, 3.8) is 0 Å². The Morgan fingerprint density at radius 1 is 0.660 bits per heavy atom. The van der Waals surface area contributed by atoms with Crippen molar-refractivity contribution in [2.45, 2.75) is 85.5 Å². The van der Waals surface area contributed by atoms with E-state index in [0.29, 0.717) is 49.4 Å². The van der Waals surface area contributed by atoms with Gasteiger partial charge in [0.25, 0.3) is 16.9 Å². The number of unbranched alkanes of at least 4 members (excludes halogenated alkanes) is 4. The number of nitro benzene ring substituents is 2. The summed E-state index contributed by atoms with van der Waals surface area (Å²) in [6, 6.07) is 15.2. The van der Waals surface area contributed by atoms with E-state index in [9.17, 15) is 29.8 Å². The fourth-order valence-electron chi connectivity index (χ4n) is 5.59. The van der Waals surface area contributed by atoms with Crippen molar-refractivity contribution in [2.75, 3.05) is 26.2 Å². The summed E-state index contributed by atoms with van der Waals surface area (Å²) < 4.78 is 3.00. The minimum Gasteiger partial charge on any atom is -0.299 e. The van der Waals surface area contributed by atoms with Crippen LogP contribution in [-0.2, 0) is 26.2 Å². The molecular weight excluding hydrogens is 647 g/mol. The van der Waals surface area contributed by atoms with Crippen LogP contribution in [0.1, 0.15) is 69.2 Å². The molecule has 3 aromatic rings. The Balaban J connectivity index is 0.00000552. The van der Waals surface area contributed by atoms with Gasteiger partial charge in [-0.3, -0.25) is 44.0 Å². The molecule has 47 heavy (non-hydrogen) atoms. The summed E-state index contributed by atoms with van der Waals surface area (Å²) in [6.45, 7) is 10.9. The highest BCUT2D eigenvalue weighted by molar-refractivity contribution is 5.85. The Kier molecular flexibility index (Phi) is 18.8. The number of hydrogen-bond donors (Lipinski definition) is 0. The monoisotopic (exact) mass is 694 g/mol. The minimum atomic E-state index is -0.348. The van der Waals surface area contributed by atoms with Crippen LogP contribution in [0.25, 0.3) is 0 Å². The van der Waals surface area contributed by atoms with E-state index in [2.05, 4.69) is 9.80 Å². The fraction of sp³-hybridized carbons (Fsp3) is 0.515. The average molecular weight is 696 g/mol. The van der Waals surface area contributed by atoms with Gasteiger partial charge in [-0.1, -0.05) is 63.1 Å². The van der Waals surface area contributed by atoms with Crippen LogP contribution in [0.5, 0.6) is 0 Å². The van der Waals surface area contributed by atoms with Crippen LogP contribution in [0, 0.1) is 27.2 Å². The average Bonchev–Trinajstić information content (AvgIpc) is 3.02. The van der Waals surface area contributed by atoms with E-state index in [0.717, 1.165) is 58.3 Å². The van der Waals surface area contributed by atoms with E-state index in [1.54, 1.807) is 35.8 Å². The fourth-order valence-corrected chi connectivity index (χ4v) is 5.59. The summed E-state index contributed by atoms with van der Waals surface area (Å²) in [5.74, 6) is 0. The van der Waals surface area contributed by atoms with Gasteiger partial charge in [0.05, 0.1) is 9.85 Å². The second-order valence-corrected chi connectivity index (χ2v) is 11.3. The molecule has 0 aliphatic rings. The van der Waals surface area contributed by atoms with Crippen LogP contribution < -0.4 is 11.2 Å². The number of para-hydroxylation sites is 2. The maximum Gasteiger partial charge on any atom is 0.331 e. The Bertz CT molecular complexity index is 1550. The van der Waals surface area contributed by atoms with Gasteiger partial charge in [0.15, 0.2) is 0 Å². The van der Waals surface area contributed by atoms with E-state index >= 15 is 0 Å². The molecule has 1 aromatic heterocycles. The molecule has 0 aliphatic carbocycles. The number of benzene rings is 2. The van der Waals surface area contributed by atoms with Crippen molar-refractivity contribution >= 4 is 36.2 Å². The number of rotatable bonds is 20. The highest BCUT2D eigenvalue weighted by Gasteiger charge is 2.16. The zero-order valence-corrected chi connectivity index (χ0v) is 29.2. The van der Waals surface area contributed by atoms with Crippen molar-refractivity contribution in [3.8, 4) is 0 Å². The number of halogens is 2. The quantitative estimate of drug-likeness (QED) is 0.0757. The van der Waals surface area contributed by atoms with Crippen LogP contribution in [-0.4, -0.2) is 55.0 Å². The number of aromatic nitrogens is 2. The molecule has 0 aliphatic heterocycles. The molecule has 3 rings (SSSR count). The summed E-state index contributed by atoms with van der Waals surface area (Å²) >= 11 is 0. The number of aryl methyl sites for hydroxylation is 1. The maximum atomic E-state index is 13.2. The lowest BCUT2D eigenvalue weighted by Crippen LogP contribution is -2.40. The van der Waals surface area contributed by atoms with Crippen LogP contribution in [0.15, 0.2) is 64.2 Å². The molecule has 1 heterocycles. The molecule has 0 N–H and O–H groups in total. The van der Waals surface area contributed by atoms with Gasteiger partial charge in [-0.15, -0.1) is 24.8 Å². The first-order chi connectivity index (χ1) is 21.7. The second-order valence-electron chi connectivity index (χ2n) is 11.3. The standard InChI is InChI=1S/C33H46N6O6.2ClH/c1-4-34(25-28-16-8-10-18-30(28)38(42)43)20-12-6-14-22-36-27(3)24-32(40)37(33(36)41)23-15-7-13-21-35(5-2)26-29-17-9-11-19-31(29)39(44)45;;/h8-11,16-19,24H,4-7,12-15,20-23,25-26H2,1-3H3;2*1H. The highest BCUT2D eigenvalue weighted by atomic mass is 35.5. The molecule has 2 aromatic carbocycles. The third-order valence-corrected chi connectivity index (χ3v) is 8.26. The van der Waals surface area contributed by atoms with E-state index in [1.165, 1.54) is 22.8 Å². The summed E-state index contributed by atoms with van der Waals surface area (Å²) in [5.41, 5.74) is 1.76. The van der Waals surface area contributed by atoms with Crippen LogP contribution in [0.3, 0.4) is 0 Å². The largest absolute Gasteiger partial charge is 0.331 e. The van der Waals surface area contributed by atoms with Crippen molar-refractivity contribution in [2.24, 2.45) is 0 Å². The zero-order valence-electron chi connectivity index (χ0n) is 27.5. The van der Waals surface area contributed by atoms with Gasteiger partial charge in [-0.05, 0) is 58.8 Å². The highest BCUT2D eigenvalue weighted by Crippen LogP contribution is 2.21. The van der Waals surface area contributed by atoms with E-state index in [-0.39, 0.29) is 57.3 Å². The Morgan fingerprint density at radius 2 is 1.09 bits per heavy atom. The van der Waals surface area contributed by atoms with Crippen molar-refractivity contribution < 1.29 is 9.85 Å². The third kappa shape index (κ3) is 12.5. The zero-order chi connectivity index (χ0) is 32.8. The molecule has 0 saturated heterocycles. The lowest BCUT2D eigenvalue weighted by atomic mass is 10.1. The maximum absolute atomic E-state index is 13.2. The third-order valence-electron chi connectivity index (χ3n) is 8.26. The van der Waals surface area contributed by atoms with Crippen LogP contribution in [0.2, 0.25) is 0 Å². The van der Waals surface area contributed by atoms with E-state index in [1.807, 2.05) is 26.0 Å². The normalized spacial score (nSPS) is 10.9. The van der Waals surface area contributed by atoms with E-state index < -0.39 is 0 Å². The molecule has 0 amide bonds. The summed E-state index contributed by atoms with van der Waals surface area (Å²) in [6.07, 6.45) is 4.94. The topological polar surface area (TPSA) is 137 Å². The van der Waals surface area contributed by atoms with Gasteiger partial charge in [0, 0.05) is 61.2 Å². The summed E-state index contributed by atoms with van der Waals surface area (Å²) in [5, 5.41) is 22.7. The molecule has 12 nitrogen and oxygen atoms in total. The number of nitrogens with zero attached hydrogens (tertiary/aromatic N) is 6. The smallest absolute Gasteiger partial charge is 0.299 e. The Hall–Kier alpha value is -3.58. The van der Waals surface area contributed by atoms with Gasteiger partial charge >= 0.3 is 5.69 Å². The number of nitro groups is 2. The lowest BCUT2D eigenvalue weighted by Gasteiger charge is -2.20. The molecule has 0 saturated carbocycles. The molecular formula is C33H48Cl2N6O6. The van der Waals surface area contributed by atoms with E-state index in [4.69, 9.17) is 0 Å². The molecule has 0 bridgehead atoms. The molecule has 0 radical (unpaired) electrons. The first kappa shape index (κ1) is 41.4. The van der Waals surface area contributed by atoms with Crippen molar-refractivity contribution in [1.29, 1.82) is 0 Å². The van der Waals surface area contributed by atoms with Crippen molar-refractivity contribution in [1.82, 2.24) is 18.9 Å².